The summed E-state index contributed by atoms with van der Waals surface area (Å²) in [7, 11) is 0. The first-order chi connectivity index (χ1) is 15.1. The molecule has 162 valence electrons. The summed E-state index contributed by atoms with van der Waals surface area (Å²) in [6.45, 7) is 5.25. The van der Waals surface area contributed by atoms with Gasteiger partial charge >= 0.3 is 0 Å². The highest BCUT2D eigenvalue weighted by molar-refractivity contribution is 5.75. The van der Waals surface area contributed by atoms with Gasteiger partial charge < -0.3 is 5.32 Å². The molecule has 3 aromatic rings. The first-order valence-corrected chi connectivity index (χ1v) is 11.1. The highest BCUT2D eigenvalue weighted by atomic mass is 16.2. The Morgan fingerprint density at radius 3 is 2.65 bits per heavy atom. The van der Waals surface area contributed by atoms with Crippen LogP contribution in [0.1, 0.15) is 62.9 Å². The van der Waals surface area contributed by atoms with Crippen molar-refractivity contribution in [3.8, 4) is 11.3 Å². The smallest absolute Gasteiger partial charge is 0.241 e. The minimum atomic E-state index is 0.0145. The summed E-state index contributed by atoms with van der Waals surface area (Å²) in [6, 6.07) is 7.79. The van der Waals surface area contributed by atoms with Crippen LogP contribution in [0.3, 0.4) is 0 Å². The van der Waals surface area contributed by atoms with Gasteiger partial charge in [-0.15, -0.1) is 0 Å². The van der Waals surface area contributed by atoms with Crippen LogP contribution >= 0.6 is 0 Å². The van der Waals surface area contributed by atoms with Gasteiger partial charge in [-0.2, -0.15) is 5.10 Å². The van der Waals surface area contributed by atoms with Crippen LogP contribution in [-0.2, 0) is 11.3 Å². The Labute approximate surface area is 183 Å². The fourth-order valence-electron chi connectivity index (χ4n) is 4.21. The molecule has 0 aromatic carbocycles. The third-order valence-corrected chi connectivity index (χ3v) is 5.98. The number of hydrogen-bond donors (Lipinski definition) is 1. The Balaban J connectivity index is 1.39. The first-order valence-electron chi connectivity index (χ1n) is 11.1. The lowest BCUT2D eigenvalue weighted by Gasteiger charge is -2.29. The molecule has 1 amide bonds. The standard InChI is InChI=1S/C24H30N6O/c1-17(2)24-27-15-20(21-6-3-4-11-25-21)23(29-24)19-9-7-18(8-10-19)14-26-22(31)16-30-13-5-12-28-30/h3-6,11-13,15,17-19H,7-10,14,16H2,1-2H3,(H,26,31). The zero-order valence-electron chi connectivity index (χ0n) is 18.2. The van der Waals surface area contributed by atoms with Gasteiger partial charge in [0.05, 0.1) is 11.4 Å². The molecular formula is C24H30N6O. The van der Waals surface area contributed by atoms with E-state index in [0.717, 1.165) is 55.0 Å². The van der Waals surface area contributed by atoms with Crippen LogP contribution < -0.4 is 5.32 Å². The average Bonchev–Trinajstić information content (AvgIpc) is 3.31. The summed E-state index contributed by atoms with van der Waals surface area (Å²) in [4.78, 5) is 26.3. The van der Waals surface area contributed by atoms with Crippen molar-refractivity contribution in [3.63, 3.8) is 0 Å². The SMILES string of the molecule is CC(C)c1ncc(-c2ccccn2)c(C2CCC(CNC(=O)Cn3cccn3)CC2)n1. The summed E-state index contributed by atoms with van der Waals surface area (Å²) in [5.74, 6) is 2.09. The van der Waals surface area contributed by atoms with E-state index in [0.29, 0.717) is 11.8 Å². The molecular weight excluding hydrogens is 388 g/mol. The average molecular weight is 419 g/mol. The van der Waals surface area contributed by atoms with Crippen molar-refractivity contribution < 1.29 is 4.79 Å². The van der Waals surface area contributed by atoms with Crippen molar-refractivity contribution in [2.45, 2.75) is 57.9 Å². The minimum Gasteiger partial charge on any atom is -0.354 e. The van der Waals surface area contributed by atoms with E-state index in [4.69, 9.17) is 4.98 Å². The molecule has 31 heavy (non-hydrogen) atoms. The van der Waals surface area contributed by atoms with Gasteiger partial charge in [-0.25, -0.2) is 9.97 Å². The second-order valence-electron chi connectivity index (χ2n) is 8.62. The van der Waals surface area contributed by atoms with Gasteiger partial charge in [0, 0.05) is 48.7 Å². The van der Waals surface area contributed by atoms with E-state index >= 15 is 0 Å². The zero-order valence-corrected chi connectivity index (χ0v) is 18.2. The first kappa shape index (κ1) is 21.2. The Hall–Kier alpha value is -3.09. The maximum Gasteiger partial charge on any atom is 0.241 e. The largest absolute Gasteiger partial charge is 0.354 e. The van der Waals surface area contributed by atoms with Crippen molar-refractivity contribution >= 4 is 5.91 Å². The normalized spacial score (nSPS) is 18.8. The van der Waals surface area contributed by atoms with Crippen molar-refractivity contribution in [1.82, 2.24) is 30.0 Å². The highest BCUT2D eigenvalue weighted by Crippen LogP contribution is 2.38. The van der Waals surface area contributed by atoms with E-state index in [9.17, 15) is 4.79 Å². The molecule has 3 aromatic heterocycles. The lowest BCUT2D eigenvalue weighted by molar-refractivity contribution is -0.122. The lowest BCUT2D eigenvalue weighted by Crippen LogP contribution is -2.33. The van der Waals surface area contributed by atoms with Crippen LogP contribution in [0.15, 0.2) is 49.1 Å². The van der Waals surface area contributed by atoms with E-state index in [2.05, 4.69) is 34.2 Å². The number of hydrogen-bond acceptors (Lipinski definition) is 5. The Morgan fingerprint density at radius 2 is 1.97 bits per heavy atom. The van der Waals surface area contributed by atoms with E-state index in [1.807, 2.05) is 36.7 Å². The zero-order chi connectivity index (χ0) is 21.6. The third kappa shape index (κ3) is 5.34. The van der Waals surface area contributed by atoms with Gasteiger partial charge in [0.2, 0.25) is 5.91 Å². The van der Waals surface area contributed by atoms with Gasteiger partial charge in [-0.05, 0) is 49.8 Å². The van der Waals surface area contributed by atoms with Crippen LogP contribution in [0.25, 0.3) is 11.3 Å². The summed E-state index contributed by atoms with van der Waals surface area (Å²) >= 11 is 0. The third-order valence-electron chi connectivity index (χ3n) is 5.98. The topological polar surface area (TPSA) is 85.6 Å². The van der Waals surface area contributed by atoms with Crippen LogP contribution in [-0.4, -0.2) is 37.2 Å². The number of pyridine rings is 1. The van der Waals surface area contributed by atoms with E-state index in [1.165, 1.54) is 0 Å². The Bertz CT molecular complexity index is 979. The Kier molecular flexibility index (Phi) is 6.70. The molecule has 1 N–H and O–H groups in total. The quantitative estimate of drug-likeness (QED) is 0.628. The van der Waals surface area contributed by atoms with Crippen LogP contribution in [0.2, 0.25) is 0 Å². The van der Waals surface area contributed by atoms with Gasteiger partial charge in [-0.3, -0.25) is 14.5 Å². The number of aromatic nitrogens is 5. The number of amides is 1. The van der Waals surface area contributed by atoms with Crippen LogP contribution in [0.4, 0.5) is 0 Å². The predicted octanol–water partition coefficient (Wildman–Crippen LogP) is 3.95. The maximum absolute atomic E-state index is 12.1. The summed E-state index contributed by atoms with van der Waals surface area (Å²) < 4.78 is 1.65. The number of rotatable bonds is 7. The summed E-state index contributed by atoms with van der Waals surface area (Å²) in [5.41, 5.74) is 3.10. The molecule has 0 atom stereocenters. The molecule has 0 unspecified atom stereocenters. The molecule has 0 aliphatic heterocycles. The fourth-order valence-corrected chi connectivity index (χ4v) is 4.21. The van der Waals surface area contributed by atoms with Crippen molar-refractivity contribution in [2.75, 3.05) is 6.54 Å². The van der Waals surface area contributed by atoms with E-state index < -0.39 is 0 Å². The minimum absolute atomic E-state index is 0.0145. The number of carbonyl (C=O) groups is 1. The Morgan fingerprint density at radius 1 is 1.13 bits per heavy atom. The molecule has 0 spiro atoms. The molecule has 1 saturated carbocycles. The highest BCUT2D eigenvalue weighted by Gasteiger charge is 2.27. The van der Waals surface area contributed by atoms with Crippen molar-refractivity contribution in [3.05, 3.63) is 60.6 Å². The predicted molar refractivity (Wildman–Crippen MR) is 119 cm³/mol. The van der Waals surface area contributed by atoms with Gasteiger partial charge in [0.1, 0.15) is 12.4 Å². The molecule has 0 radical (unpaired) electrons. The van der Waals surface area contributed by atoms with E-state index in [1.54, 1.807) is 17.1 Å². The molecule has 1 aliphatic carbocycles. The van der Waals surface area contributed by atoms with Gasteiger partial charge in [0.25, 0.3) is 0 Å². The molecule has 4 rings (SSSR count). The summed E-state index contributed by atoms with van der Waals surface area (Å²) in [6.07, 6.45) is 11.5. The number of nitrogens with one attached hydrogen (secondary N) is 1. The van der Waals surface area contributed by atoms with Gasteiger partial charge in [0.15, 0.2) is 0 Å². The second-order valence-corrected chi connectivity index (χ2v) is 8.62. The number of nitrogens with zero attached hydrogens (tertiary/aromatic N) is 5. The molecule has 1 aliphatic rings. The van der Waals surface area contributed by atoms with Crippen molar-refractivity contribution in [2.24, 2.45) is 5.92 Å². The maximum atomic E-state index is 12.1. The lowest BCUT2D eigenvalue weighted by atomic mass is 9.79. The molecule has 0 bridgehead atoms. The molecule has 1 fully saturated rings. The van der Waals surface area contributed by atoms with E-state index in [-0.39, 0.29) is 18.4 Å². The van der Waals surface area contributed by atoms with Gasteiger partial charge in [-0.1, -0.05) is 19.9 Å². The van der Waals surface area contributed by atoms with Crippen molar-refractivity contribution in [1.29, 1.82) is 0 Å². The molecule has 7 heteroatoms. The van der Waals surface area contributed by atoms with Crippen LogP contribution in [0.5, 0.6) is 0 Å². The molecule has 0 saturated heterocycles. The summed E-state index contributed by atoms with van der Waals surface area (Å²) in [5, 5.41) is 7.16. The number of carbonyl (C=O) groups excluding carboxylic acids is 1. The van der Waals surface area contributed by atoms with Crippen LogP contribution in [0, 0.1) is 5.92 Å². The fraction of sp³-hybridized carbons (Fsp3) is 0.458. The molecule has 3 heterocycles. The molecule has 7 nitrogen and oxygen atoms in total. The monoisotopic (exact) mass is 418 g/mol. The second kappa shape index (κ2) is 9.81.